The molecule has 0 saturated carbocycles. The van der Waals surface area contributed by atoms with E-state index in [4.69, 9.17) is 4.74 Å². The third-order valence-electron chi connectivity index (χ3n) is 4.98. The second-order valence-electron chi connectivity index (χ2n) is 9.23. The number of pyridine rings is 1. The van der Waals surface area contributed by atoms with Crippen LogP contribution in [0.4, 0.5) is 36.4 Å². The molecule has 0 fully saturated rings. The first-order valence-electron chi connectivity index (χ1n) is 11.2. The summed E-state index contributed by atoms with van der Waals surface area (Å²) in [6, 6.07) is 9.16. The van der Waals surface area contributed by atoms with Crippen LogP contribution in [-0.2, 0) is 27.5 Å². The molecule has 2 heterocycles. The smallest absolute Gasteiger partial charge is 0.421 e. The summed E-state index contributed by atoms with van der Waals surface area (Å²) >= 11 is 0. The van der Waals surface area contributed by atoms with Crippen molar-refractivity contribution in [3.63, 3.8) is 0 Å². The number of benzene rings is 1. The molecule has 38 heavy (non-hydrogen) atoms. The summed E-state index contributed by atoms with van der Waals surface area (Å²) in [6.07, 6.45) is -1.75. The molecule has 0 bridgehead atoms. The fourth-order valence-electron chi connectivity index (χ4n) is 3.13. The molecule has 0 saturated heterocycles. The predicted molar refractivity (Wildman–Crippen MR) is 137 cm³/mol. The van der Waals surface area contributed by atoms with Crippen LogP contribution in [0.5, 0.6) is 0 Å². The Labute approximate surface area is 218 Å². The zero-order chi connectivity index (χ0) is 28.3. The third-order valence-corrected chi connectivity index (χ3v) is 6.15. The van der Waals surface area contributed by atoms with E-state index in [1.807, 2.05) is 0 Å². The maximum absolute atomic E-state index is 13.6. The lowest BCUT2D eigenvalue weighted by Gasteiger charge is -2.20. The molecule has 0 aliphatic carbocycles. The Morgan fingerprint density at radius 1 is 1.08 bits per heavy atom. The molecule has 0 aliphatic heterocycles. The number of carbonyl (C=O) groups is 1. The number of hydrogen-bond donors (Lipinski definition) is 2. The lowest BCUT2D eigenvalue weighted by Crippen LogP contribution is -2.27. The van der Waals surface area contributed by atoms with Crippen LogP contribution in [0.1, 0.15) is 42.3 Å². The number of anilines is 4. The molecule has 0 unspecified atom stereocenters. The first-order valence-corrected chi connectivity index (χ1v) is 13.1. The zero-order valence-electron chi connectivity index (χ0n) is 21.3. The first kappa shape index (κ1) is 28.6. The number of sulfonamides is 1. The molecule has 0 spiro atoms. The lowest BCUT2D eigenvalue weighted by atomic mass is 10.1. The van der Waals surface area contributed by atoms with Crippen LogP contribution in [0.25, 0.3) is 0 Å². The summed E-state index contributed by atoms with van der Waals surface area (Å²) < 4.78 is 71.1. The van der Waals surface area contributed by atoms with Crippen LogP contribution in [0, 0.1) is 0 Å². The maximum atomic E-state index is 13.6. The highest BCUT2D eigenvalue weighted by atomic mass is 32.2. The fourth-order valence-corrected chi connectivity index (χ4v) is 3.61. The molecule has 2 N–H and O–H groups in total. The minimum Gasteiger partial charge on any atom is -0.456 e. The fraction of sp³-hybridized carbons (Fsp3) is 0.333. The number of rotatable bonds is 8. The van der Waals surface area contributed by atoms with Gasteiger partial charge in [0.25, 0.3) is 0 Å². The van der Waals surface area contributed by atoms with Crippen molar-refractivity contribution in [2.45, 2.75) is 39.1 Å². The van der Waals surface area contributed by atoms with Crippen molar-refractivity contribution in [3.05, 3.63) is 65.5 Å². The predicted octanol–water partition coefficient (Wildman–Crippen LogP) is 4.60. The Bertz CT molecular complexity index is 1410. The summed E-state index contributed by atoms with van der Waals surface area (Å²) in [5.74, 6) is -1.10. The number of carbonyl (C=O) groups excluding carboxylic acids is 1. The summed E-state index contributed by atoms with van der Waals surface area (Å²) in [7, 11) is -2.36. The summed E-state index contributed by atoms with van der Waals surface area (Å²) in [6.45, 7) is 5.03. The molecule has 2 aromatic heterocycles. The van der Waals surface area contributed by atoms with E-state index in [0.717, 1.165) is 10.6 Å². The molecule has 0 amide bonds. The monoisotopic (exact) mass is 552 g/mol. The number of nitrogens with one attached hydrogen (secondary N) is 2. The van der Waals surface area contributed by atoms with Crippen molar-refractivity contribution < 1.29 is 31.1 Å². The Balaban J connectivity index is 1.84. The summed E-state index contributed by atoms with van der Waals surface area (Å²) in [5, 5.41) is 5.42. The minimum absolute atomic E-state index is 0.0635. The van der Waals surface area contributed by atoms with Gasteiger partial charge in [0.15, 0.2) is 0 Å². The summed E-state index contributed by atoms with van der Waals surface area (Å²) in [5.41, 5.74) is -0.716. The maximum Gasteiger partial charge on any atom is 0.421 e. The second-order valence-corrected chi connectivity index (χ2v) is 11.2. The zero-order valence-corrected chi connectivity index (χ0v) is 22.1. The van der Waals surface area contributed by atoms with E-state index in [9.17, 15) is 26.4 Å². The molecule has 3 aromatic rings. The van der Waals surface area contributed by atoms with E-state index in [2.05, 4.69) is 25.6 Å². The van der Waals surface area contributed by atoms with Gasteiger partial charge in [-0.15, -0.1) is 0 Å². The minimum atomic E-state index is -4.75. The van der Waals surface area contributed by atoms with Crippen molar-refractivity contribution >= 4 is 39.3 Å². The van der Waals surface area contributed by atoms with Crippen molar-refractivity contribution in [2.75, 3.05) is 28.2 Å². The molecule has 0 aliphatic rings. The van der Waals surface area contributed by atoms with E-state index in [1.54, 1.807) is 20.8 Å². The Morgan fingerprint density at radius 2 is 1.74 bits per heavy atom. The largest absolute Gasteiger partial charge is 0.456 e. The van der Waals surface area contributed by atoms with Crippen LogP contribution in [-0.4, -0.2) is 48.2 Å². The van der Waals surface area contributed by atoms with E-state index < -0.39 is 39.2 Å². The van der Waals surface area contributed by atoms with Crippen LogP contribution in [0.2, 0.25) is 0 Å². The third kappa shape index (κ3) is 7.54. The van der Waals surface area contributed by atoms with Crippen molar-refractivity contribution in [2.24, 2.45) is 0 Å². The summed E-state index contributed by atoms with van der Waals surface area (Å²) in [4.78, 5) is 24.0. The normalized spacial score (nSPS) is 12.1. The number of hydrogen-bond acceptors (Lipinski definition) is 9. The Hall–Kier alpha value is -3.94. The number of aromatic nitrogens is 3. The molecular formula is C24H27F3N6O4S. The van der Waals surface area contributed by atoms with Gasteiger partial charge < -0.3 is 15.4 Å². The highest BCUT2D eigenvalue weighted by Crippen LogP contribution is 2.34. The van der Waals surface area contributed by atoms with Gasteiger partial charge in [0.05, 0.1) is 11.8 Å². The number of esters is 1. The van der Waals surface area contributed by atoms with Crippen molar-refractivity contribution in [1.29, 1.82) is 0 Å². The topological polar surface area (TPSA) is 126 Å². The molecule has 0 atom stereocenters. The number of alkyl halides is 3. The average Bonchev–Trinajstić information content (AvgIpc) is 2.80. The lowest BCUT2D eigenvalue weighted by molar-refractivity contribution is -0.137. The van der Waals surface area contributed by atoms with E-state index in [0.29, 0.717) is 23.0 Å². The van der Waals surface area contributed by atoms with Crippen molar-refractivity contribution in [1.82, 2.24) is 15.0 Å². The van der Waals surface area contributed by atoms with Gasteiger partial charge in [-0.3, -0.25) is 4.31 Å². The van der Waals surface area contributed by atoms with Gasteiger partial charge in [-0.1, -0.05) is 6.07 Å². The first-order chi connectivity index (χ1) is 17.5. The number of halogens is 3. The van der Waals surface area contributed by atoms with Gasteiger partial charge >= 0.3 is 12.1 Å². The SMILES string of the molecule is CN(c1ncccc1CNc1nc(Nc2ccc(C(=O)OC(C)(C)C)cc2)ncc1C(F)(F)F)S(C)(=O)=O. The van der Waals surface area contributed by atoms with E-state index >= 15 is 0 Å². The Morgan fingerprint density at radius 3 is 2.32 bits per heavy atom. The van der Waals surface area contributed by atoms with Crippen LogP contribution in [0.3, 0.4) is 0 Å². The molecule has 0 radical (unpaired) electrons. The van der Waals surface area contributed by atoms with E-state index in [-0.39, 0.29) is 18.3 Å². The van der Waals surface area contributed by atoms with Gasteiger partial charge in [0.2, 0.25) is 16.0 Å². The van der Waals surface area contributed by atoms with Crippen LogP contribution < -0.4 is 14.9 Å². The average molecular weight is 553 g/mol. The standard InChI is InChI=1S/C24H27F3N6O4S/c1-23(2,3)37-21(34)15-8-10-17(11-9-15)31-22-30-14-18(24(25,26)27)19(32-22)29-13-16-7-6-12-28-20(16)33(4)38(5,35)36/h6-12,14H,13H2,1-5H3,(H2,29,30,31,32). The van der Waals surface area contributed by atoms with Crippen LogP contribution >= 0.6 is 0 Å². The van der Waals surface area contributed by atoms with Gasteiger partial charge in [-0.2, -0.15) is 18.2 Å². The van der Waals surface area contributed by atoms with Gasteiger partial charge in [0, 0.05) is 37.2 Å². The van der Waals surface area contributed by atoms with Crippen molar-refractivity contribution in [3.8, 4) is 0 Å². The molecule has 1 aromatic carbocycles. The Kier molecular flexibility index (Phi) is 8.15. The molecule has 3 rings (SSSR count). The molecule has 204 valence electrons. The molecule has 10 nitrogen and oxygen atoms in total. The van der Waals surface area contributed by atoms with Gasteiger partial charge in [-0.25, -0.2) is 23.2 Å². The molecule has 14 heteroatoms. The molecular weight excluding hydrogens is 525 g/mol. The van der Waals surface area contributed by atoms with Gasteiger partial charge in [0.1, 0.15) is 22.8 Å². The van der Waals surface area contributed by atoms with E-state index in [1.165, 1.54) is 49.6 Å². The number of ether oxygens (including phenoxy) is 1. The quantitative estimate of drug-likeness (QED) is 0.386. The van der Waals surface area contributed by atoms with Gasteiger partial charge in [-0.05, 0) is 51.1 Å². The highest BCUT2D eigenvalue weighted by molar-refractivity contribution is 7.92. The van der Waals surface area contributed by atoms with Crippen LogP contribution in [0.15, 0.2) is 48.8 Å². The number of nitrogens with zero attached hydrogens (tertiary/aromatic N) is 4. The highest BCUT2D eigenvalue weighted by Gasteiger charge is 2.35. The second kappa shape index (κ2) is 10.8.